The topological polar surface area (TPSA) is 73.6 Å². The molecule has 0 saturated carbocycles. The highest BCUT2D eigenvalue weighted by Gasteiger charge is 2.23. The van der Waals surface area contributed by atoms with Gasteiger partial charge in [-0.25, -0.2) is 4.79 Å². The lowest BCUT2D eigenvalue weighted by Gasteiger charge is -2.22. The van der Waals surface area contributed by atoms with E-state index in [0.29, 0.717) is 23.8 Å². The number of carbonyl (C=O) groups excluding carboxylic acids is 1. The number of hydrogen-bond donors (Lipinski definition) is 2. The molecule has 1 aliphatic rings. The Morgan fingerprint density at radius 2 is 2.40 bits per heavy atom. The SMILES string of the molecule is CCOC(=O)c1cc(N)ccc1NC(C)C1CCOC1. The molecule has 1 aromatic rings. The van der Waals surface area contributed by atoms with Crippen molar-refractivity contribution in [2.45, 2.75) is 26.3 Å². The molecule has 5 heteroatoms. The first-order valence-corrected chi connectivity index (χ1v) is 7.02. The van der Waals surface area contributed by atoms with Gasteiger partial charge in [-0.1, -0.05) is 0 Å². The summed E-state index contributed by atoms with van der Waals surface area (Å²) in [5.74, 6) is 0.111. The molecule has 1 fully saturated rings. The van der Waals surface area contributed by atoms with Gasteiger partial charge in [-0.15, -0.1) is 0 Å². The summed E-state index contributed by atoms with van der Waals surface area (Å²) in [6.07, 6.45) is 1.04. The zero-order valence-electron chi connectivity index (χ0n) is 12.0. The number of nitrogens with one attached hydrogen (secondary N) is 1. The highest BCUT2D eigenvalue weighted by Crippen LogP contribution is 2.24. The molecule has 0 aromatic heterocycles. The largest absolute Gasteiger partial charge is 0.462 e. The summed E-state index contributed by atoms with van der Waals surface area (Å²) < 4.78 is 10.5. The molecule has 0 radical (unpaired) electrons. The Labute approximate surface area is 119 Å². The Hall–Kier alpha value is -1.75. The second kappa shape index (κ2) is 6.61. The van der Waals surface area contributed by atoms with Gasteiger partial charge >= 0.3 is 5.97 Å². The van der Waals surface area contributed by atoms with Gasteiger partial charge in [0.25, 0.3) is 0 Å². The molecule has 5 nitrogen and oxygen atoms in total. The zero-order chi connectivity index (χ0) is 14.5. The Balaban J connectivity index is 2.15. The van der Waals surface area contributed by atoms with Gasteiger partial charge in [-0.2, -0.15) is 0 Å². The predicted molar refractivity (Wildman–Crippen MR) is 78.8 cm³/mol. The first-order chi connectivity index (χ1) is 9.61. The van der Waals surface area contributed by atoms with Crippen molar-refractivity contribution < 1.29 is 14.3 Å². The maximum absolute atomic E-state index is 12.0. The summed E-state index contributed by atoms with van der Waals surface area (Å²) in [7, 11) is 0. The number of carbonyl (C=O) groups is 1. The van der Waals surface area contributed by atoms with Crippen LogP contribution in [0, 0.1) is 5.92 Å². The zero-order valence-corrected chi connectivity index (χ0v) is 12.0. The lowest BCUT2D eigenvalue weighted by atomic mass is 10.00. The van der Waals surface area contributed by atoms with Gasteiger partial charge in [0.15, 0.2) is 0 Å². The molecule has 3 N–H and O–H groups in total. The van der Waals surface area contributed by atoms with Crippen molar-refractivity contribution in [2.24, 2.45) is 5.92 Å². The van der Waals surface area contributed by atoms with Crippen LogP contribution in [0.1, 0.15) is 30.6 Å². The minimum absolute atomic E-state index is 0.231. The van der Waals surface area contributed by atoms with E-state index in [-0.39, 0.29) is 12.0 Å². The van der Waals surface area contributed by atoms with Crippen LogP contribution in [-0.4, -0.2) is 31.8 Å². The molecule has 2 unspecified atom stereocenters. The van der Waals surface area contributed by atoms with Crippen LogP contribution < -0.4 is 11.1 Å². The average molecular weight is 278 g/mol. The smallest absolute Gasteiger partial charge is 0.340 e. The minimum atomic E-state index is -0.350. The summed E-state index contributed by atoms with van der Waals surface area (Å²) in [5.41, 5.74) is 7.56. The molecule has 20 heavy (non-hydrogen) atoms. The normalized spacial score (nSPS) is 19.6. The van der Waals surface area contributed by atoms with Crippen LogP contribution >= 0.6 is 0 Å². The van der Waals surface area contributed by atoms with Gasteiger partial charge in [0, 0.05) is 29.9 Å². The van der Waals surface area contributed by atoms with Crippen LogP contribution in [0.15, 0.2) is 18.2 Å². The van der Waals surface area contributed by atoms with Gasteiger partial charge in [0.1, 0.15) is 0 Å². The van der Waals surface area contributed by atoms with Crippen molar-refractivity contribution in [1.82, 2.24) is 0 Å². The number of anilines is 2. The molecular formula is C15H22N2O3. The third-order valence-electron chi connectivity index (χ3n) is 3.59. The van der Waals surface area contributed by atoms with Gasteiger partial charge in [0.05, 0.1) is 18.8 Å². The maximum atomic E-state index is 12.0. The molecule has 1 aliphatic heterocycles. The van der Waals surface area contributed by atoms with Crippen molar-refractivity contribution in [3.63, 3.8) is 0 Å². The van der Waals surface area contributed by atoms with Crippen molar-refractivity contribution in [2.75, 3.05) is 30.9 Å². The number of nitrogen functional groups attached to an aromatic ring is 1. The Kier molecular flexibility index (Phi) is 4.84. The Bertz CT molecular complexity index is 470. The van der Waals surface area contributed by atoms with E-state index in [0.717, 1.165) is 25.3 Å². The van der Waals surface area contributed by atoms with E-state index in [4.69, 9.17) is 15.2 Å². The van der Waals surface area contributed by atoms with Gasteiger partial charge in [-0.05, 0) is 38.5 Å². The summed E-state index contributed by atoms with van der Waals surface area (Å²) in [5, 5.41) is 3.38. The monoisotopic (exact) mass is 278 g/mol. The summed E-state index contributed by atoms with van der Waals surface area (Å²) >= 11 is 0. The van der Waals surface area contributed by atoms with Crippen LogP contribution in [0.5, 0.6) is 0 Å². The van der Waals surface area contributed by atoms with E-state index < -0.39 is 0 Å². The quantitative estimate of drug-likeness (QED) is 0.638. The van der Waals surface area contributed by atoms with E-state index in [1.54, 1.807) is 19.1 Å². The molecule has 2 rings (SSSR count). The Morgan fingerprint density at radius 1 is 1.60 bits per heavy atom. The molecule has 1 aromatic carbocycles. The van der Waals surface area contributed by atoms with E-state index >= 15 is 0 Å². The van der Waals surface area contributed by atoms with E-state index in [2.05, 4.69) is 12.2 Å². The van der Waals surface area contributed by atoms with Gasteiger partial charge in [0.2, 0.25) is 0 Å². The third-order valence-corrected chi connectivity index (χ3v) is 3.59. The van der Waals surface area contributed by atoms with E-state index in [9.17, 15) is 4.79 Å². The second-order valence-corrected chi connectivity index (χ2v) is 5.08. The standard InChI is InChI=1S/C15H22N2O3/c1-3-20-15(18)13-8-12(16)4-5-14(13)17-10(2)11-6-7-19-9-11/h4-5,8,10-11,17H,3,6-7,9,16H2,1-2H3. The molecule has 2 atom stereocenters. The number of hydrogen-bond acceptors (Lipinski definition) is 5. The van der Waals surface area contributed by atoms with Crippen molar-refractivity contribution in [3.8, 4) is 0 Å². The van der Waals surface area contributed by atoms with Gasteiger partial charge in [-0.3, -0.25) is 0 Å². The lowest BCUT2D eigenvalue weighted by Crippen LogP contribution is -2.27. The molecule has 0 spiro atoms. The summed E-state index contributed by atoms with van der Waals surface area (Å²) in [4.78, 5) is 12.0. The highest BCUT2D eigenvalue weighted by molar-refractivity contribution is 5.96. The fourth-order valence-corrected chi connectivity index (χ4v) is 2.38. The number of esters is 1. The van der Waals surface area contributed by atoms with Gasteiger partial charge < -0.3 is 20.5 Å². The fourth-order valence-electron chi connectivity index (χ4n) is 2.38. The van der Waals surface area contributed by atoms with Crippen LogP contribution in [0.4, 0.5) is 11.4 Å². The molecular weight excluding hydrogens is 256 g/mol. The molecule has 1 saturated heterocycles. The van der Waals surface area contributed by atoms with Crippen molar-refractivity contribution in [1.29, 1.82) is 0 Å². The molecule has 0 amide bonds. The van der Waals surface area contributed by atoms with Crippen LogP contribution in [0.25, 0.3) is 0 Å². The first-order valence-electron chi connectivity index (χ1n) is 7.02. The number of benzene rings is 1. The Morgan fingerprint density at radius 3 is 3.05 bits per heavy atom. The van der Waals surface area contributed by atoms with Crippen molar-refractivity contribution in [3.05, 3.63) is 23.8 Å². The predicted octanol–water partition coefficient (Wildman–Crippen LogP) is 2.28. The van der Waals surface area contributed by atoms with E-state index in [1.807, 2.05) is 6.07 Å². The fraction of sp³-hybridized carbons (Fsp3) is 0.533. The summed E-state index contributed by atoms with van der Waals surface area (Å²) in [6.45, 7) is 5.81. The second-order valence-electron chi connectivity index (χ2n) is 5.08. The number of rotatable bonds is 5. The molecule has 110 valence electrons. The van der Waals surface area contributed by atoms with Crippen LogP contribution in [0.2, 0.25) is 0 Å². The molecule has 1 heterocycles. The average Bonchev–Trinajstić information content (AvgIpc) is 2.95. The third kappa shape index (κ3) is 3.42. The number of nitrogens with two attached hydrogens (primary N) is 1. The van der Waals surface area contributed by atoms with Crippen molar-refractivity contribution >= 4 is 17.3 Å². The maximum Gasteiger partial charge on any atom is 0.340 e. The molecule has 0 bridgehead atoms. The minimum Gasteiger partial charge on any atom is -0.462 e. The van der Waals surface area contributed by atoms with E-state index in [1.165, 1.54) is 0 Å². The molecule has 0 aliphatic carbocycles. The number of ether oxygens (including phenoxy) is 2. The van der Waals surface area contributed by atoms with Crippen LogP contribution in [-0.2, 0) is 9.47 Å². The lowest BCUT2D eigenvalue weighted by molar-refractivity contribution is 0.0527. The highest BCUT2D eigenvalue weighted by atomic mass is 16.5. The first kappa shape index (κ1) is 14.7. The van der Waals surface area contributed by atoms with Crippen LogP contribution in [0.3, 0.4) is 0 Å². The summed E-state index contributed by atoms with van der Waals surface area (Å²) in [6, 6.07) is 5.49.